The molecule has 0 radical (unpaired) electrons. The number of thiazole rings is 1. The SMILES string of the molecule is Cc1sc(C2CCN(C(=O)Cc3ccccc3OC(F)(F)F)CC2)nc1-c1ccc(Br)cc1. The van der Waals surface area contributed by atoms with Crippen LogP contribution in [0.3, 0.4) is 0 Å². The van der Waals surface area contributed by atoms with Crippen molar-refractivity contribution >= 4 is 33.2 Å². The second kappa shape index (κ2) is 9.85. The van der Waals surface area contributed by atoms with Crippen LogP contribution in [0.25, 0.3) is 11.3 Å². The van der Waals surface area contributed by atoms with Crippen LogP contribution in [0.4, 0.5) is 13.2 Å². The van der Waals surface area contributed by atoms with E-state index in [0.717, 1.165) is 38.5 Å². The fourth-order valence-corrected chi connectivity index (χ4v) is 5.37. The van der Waals surface area contributed by atoms with Crippen LogP contribution in [-0.4, -0.2) is 35.2 Å². The van der Waals surface area contributed by atoms with Gasteiger partial charge in [0.2, 0.25) is 5.91 Å². The van der Waals surface area contributed by atoms with Crippen molar-refractivity contribution < 1.29 is 22.7 Å². The third-order valence-electron chi connectivity index (χ3n) is 5.67. The number of piperidine rings is 1. The summed E-state index contributed by atoms with van der Waals surface area (Å²) in [6.45, 7) is 3.17. The lowest BCUT2D eigenvalue weighted by atomic mass is 9.97. The number of likely N-dealkylation sites (tertiary alicyclic amines) is 1. The van der Waals surface area contributed by atoms with Gasteiger partial charge < -0.3 is 9.64 Å². The Morgan fingerprint density at radius 1 is 1.15 bits per heavy atom. The lowest BCUT2D eigenvalue weighted by Gasteiger charge is -2.31. The standard InChI is InChI=1S/C24H22BrF3N2O2S/c1-15-22(16-6-8-19(25)9-7-16)29-23(33-15)17-10-12-30(13-11-17)21(31)14-18-4-2-3-5-20(18)32-24(26,27)28/h2-9,17H,10-14H2,1H3. The number of rotatable bonds is 5. The van der Waals surface area contributed by atoms with E-state index in [1.807, 2.05) is 24.3 Å². The molecule has 1 saturated heterocycles. The molecule has 0 unspecified atom stereocenters. The minimum absolute atomic E-state index is 0.124. The van der Waals surface area contributed by atoms with Gasteiger partial charge in [0, 0.05) is 39.5 Å². The van der Waals surface area contributed by atoms with Crippen LogP contribution >= 0.6 is 27.3 Å². The zero-order valence-electron chi connectivity index (χ0n) is 17.9. The number of carbonyl (C=O) groups is 1. The number of halogens is 4. The first kappa shape index (κ1) is 23.8. The van der Waals surface area contributed by atoms with Crippen molar-refractivity contribution in [3.63, 3.8) is 0 Å². The third kappa shape index (κ3) is 5.95. The van der Waals surface area contributed by atoms with E-state index in [-0.39, 0.29) is 29.6 Å². The monoisotopic (exact) mass is 538 g/mol. The molecule has 2 heterocycles. The fraction of sp³-hybridized carbons (Fsp3) is 0.333. The topological polar surface area (TPSA) is 42.4 Å². The maximum absolute atomic E-state index is 12.8. The summed E-state index contributed by atoms with van der Waals surface area (Å²) in [6.07, 6.45) is -3.36. The summed E-state index contributed by atoms with van der Waals surface area (Å²) >= 11 is 5.14. The van der Waals surface area contributed by atoms with Crippen molar-refractivity contribution in [3.05, 3.63) is 68.5 Å². The van der Waals surface area contributed by atoms with Crippen LogP contribution in [0.5, 0.6) is 5.75 Å². The summed E-state index contributed by atoms with van der Waals surface area (Å²) in [4.78, 5) is 20.5. The van der Waals surface area contributed by atoms with Gasteiger partial charge >= 0.3 is 6.36 Å². The van der Waals surface area contributed by atoms with Gasteiger partial charge in [-0.05, 0) is 38.0 Å². The van der Waals surface area contributed by atoms with Gasteiger partial charge in [0.1, 0.15) is 5.75 Å². The van der Waals surface area contributed by atoms with Crippen molar-refractivity contribution in [1.82, 2.24) is 9.88 Å². The Kier molecular flexibility index (Phi) is 7.09. The summed E-state index contributed by atoms with van der Waals surface area (Å²) < 4.78 is 43.0. The highest BCUT2D eigenvalue weighted by Gasteiger charge is 2.33. The quantitative estimate of drug-likeness (QED) is 0.361. The molecule has 33 heavy (non-hydrogen) atoms. The molecule has 2 aromatic carbocycles. The van der Waals surface area contributed by atoms with Crippen molar-refractivity contribution in [2.45, 2.75) is 38.5 Å². The summed E-state index contributed by atoms with van der Waals surface area (Å²) in [6, 6.07) is 13.9. The van der Waals surface area contributed by atoms with Gasteiger partial charge in [-0.1, -0.05) is 46.3 Å². The minimum atomic E-state index is -4.79. The van der Waals surface area contributed by atoms with E-state index < -0.39 is 6.36 Å². The predicted molar refractivity (Wildman–Crippen MR) is 125 cm³/mol. The number of hydrogen-bond acceptors (Lipinski definition) is 4. The summed E-state index contributed by atoms with van der Waals surface area (Å²) in [7, 11) is 0. The Morgan fingerprint density at radius 2 is 1.82 bits per heavy atom. The first-order chi connectivity index (χ1) is 15.7. The van der Waals surface area contributed by atoms with Gasteiger partial charge in [0.05, 0.1) is 17.1 Å². The molecule has 1 amide bonds. The van der Waals surface area contributed by atoms with Crippen LogP contribution < -0.4 is 4.74 Å². The Bertz CT molecular complexity index is 1120. The second-order valence-corrected chi connectivity index (χ2v) is 10.1. The van der Waals surface area contributed by atoms with E-state index in [4.69, 9.17) is 4.98 Å². The molecule has 4 rings (SSSR count). The molecule has 1 aromatic heterocycles. The van der Waals surface area contributed by atoms with E-state index in [1.165, 1.54) is 18.2 Å². The number of aryl methyl sites for hydroxylation is 1. The minimum Gasteiger partial charge on any atom is -0.405 e. The molecule has 3 aromatic rings. The molecule has 0 spiro atoms. The van der Waals surface area contributed by atoms with E-state index in [1.54, 1.807) is 22.3 Å². The van der Waals surface area contributed by atoms with Crippen LogP contribution in [0.2, 0.25) is 0 Å². The van der Waals surface area contributed by atoms with E-state index in [2.05, 4.69) is 27.6 Å². The number of ether oxygens (including phenoxy) is 1. The van der Waals surface area contributed by atoms with Crippen LogP contribution in [0.15, 0.2) is 53.0 Å². The van der Waals surface area contributed by atoms with Gasteiger partial charge in [-0.2, -0.15) is 0 Å². The van der Waals surface area contributed by atoms with Crippen molar-refractivity contribution in [2.75, 3.05) is 13.1 Å². The van der Waals surface area contributed by atoms with Crippen LogP contribution in [0, 0.1) is 6.92 Å². The van der Waals surface area contributed by atoms with E-state index in [9.17, 15) is 18.0 Å². The second-order valence-electron chi connectivity index (χ2n) is 7.95. The number of nitrogens with zero attached hydrogens (tertiary/aromatic N) is 2. The van der Waals surface area contributed by atoms with Gasteiger partial charge in [-0.25, -0.2) is 4.98 Å². The molecule has 9 heteroatoms. The van der Waals surface area contributed by atoms with Gasteiger partial charge in [0.15, 0.2) is 0 Å². The largest absolute Gasteiger partial charge is 0.573 e. The van der Waals surface area contributed by atoms with Crippen molar-refractivity contribution in [3.8, 4) is 17.0 Å². The lowest BCUT2D eigenvalue weighted by molar-refractivity contribution is -0.274. The zero-order chi connectivity index (χ0) is 23.6. The number of para-hydroxylation sites is 1. The molecule has 0 N–H and O–H groups in total. The molecule has 174 valence electrons. The number of benzene rings is 2. The molecule has 0 atom stereocenters. The van der Waals surface area contributed by atoms with Gasteiger partial charge in [0.25, 0.3) is 0 Å². The number of carbonyl (C=O) groups excluding carboxylic acids is 1. The highest BCUT2D eigenvalue weighted by Crippen LogP contribution is 2.36. The maximum atomic E-state index is 12.8. The molecular formula is C24H22BrF3N2O2S. The Hall–Kier alpha value is -2.39. The normalized spacial score (nSPS) is 15.0. The van der Waals surface area contributed by atoms with Crippen LogP contribution in [0.1, 0.15) is 34.2 Å². The van der Waals surface area contributed by atoms with Crippen molar-refractivity contribution in [1.29, 1.82) is 0 Å². The molecular weight excluding hydrogens is 517 g/mol. The zero-order valence-corrected chi connectivity index (χ0v) is 20.3. The summed E-state index contributed by atoms with van der Waals surface area (Å²) in [5.41, 5.74) is 2.30. The van der Waals surface area contributed by atoms with Crippen LogP contribution in [-0.2, 0) is 11.2 Å². The smallest absolute Gasteiger partial charge is 0.405 e. The fourth-order valence-electron chi connectivity index (χ4n) is 3.99. The molecule has 0 aliphatic carbocycles. The molecule has 0 saturated carbocycles. The van der Waals surface area contributed by atoms with E-state index >= 15 is 0 Å². The third-order valence-corrected chi connectivity index (χ3v) is 7.33. The maximum Gasteiger partial charge on any atom is 0.573 e. The Balaban J connectivity index is 1.38. The van der Waals surface area contributed by atoms with Gasteiger partial charge in [-0.15, -0.1) is 24.5 Å². The Labute approximate surface area is 202 Å². The highest BCUT2D eigenvalue weighted by atomic mass is 79.9. The number of hydrogen-bond donors (Lipinski definition) is 0. The number of amides is 1. The molecule has 1 aliphatic rings. The first-order valence-electron chi connectivity index (χ1n) is 10.5. The molecule has 4 nitrogen and oxygen atoms in total. The molecule has 0 bridgehead atoms. The molecule has 1 fully saturated rings. The van der Waals surface area contributed by atoms with Crippen molar-refractivity contribution in [2.24, 2.45) is 0 Å². The summed E-state index contributed by atoms with van der Waals surface area (Å²) in [5, 5.41) is 1.07. The predicted octanol–water partition coefficient (Wildman–Crippen LogP) is 6.73. The average Bonchev–Trinajstić information content (AvgIpc) is 3.16. The van der Waals surface area contributed by atoms with E-state index in [0.29, 0.717) is 13.1 Å². The van der Waals surface area contributed by atoms with Gasteiger partial charge in [-0.3, -0.25) is 4.79 Å². The average molecular weight is 539 g/mol. The lowest BCUT2D eigenvalue weighted by Crippen LogP contribution is -2.38. The first-order valence-corrected chi connectivity index (χ1v) is 12.2. The number of alkyl halides is 3. The molecule has 1 aliphatic heterocycles. The number of aromatic nitrogens is 1. The summed E-state index contributed by atoms with van der Waals surface area (Å²) in [5.74, 6) is -0.257. The highest BCUT2D eigenvalue weighted by molar-refractivity contribution is 9.10. The Morgan fingerprint density at radius 3 is 2.48 bits per heavy atom.